The molecule has 3 heteroatoms. The van der Waals surface area contributed by atoms with E-state index in [1.165, 1.54) is 0 Å². The van der Waals surface area contributed by atoms with Gasteiger partial charge in [0.2, 0.25) is 0 Å². The molecule has 0 aromatic heterocycles. The van der Waals surface area contributed by atoms with Crippen molar-refractivity contribution in [2.75, 3.05) is 0 Å². The van der Waals surface area contributed by atoms with Crippen molar-refractivity contribution >= 4 is 11.6 Å². The second-order valence-corrected chi connectivity index (χ2v) is 2.55. The average molecular weight is 157 g/mol. The van der Waals surface area contributed by atoms with Crippen molar-refractivity contribution in [3.63, 3.8) is 0 Å². The normalized spacial score (nSPS) is 14.3. The predicted octanol–water partition coefficient (Wildman–Crippen LogP) is 3.05. The van der Waals surface area contributed by atoms with E-state index < -0.39 is 11.8 Å². The predicted molar refractivity (Wildman–Crippen MR) is 35.2 cm³/mol. The molecule has 0 saturated heterocycles. The van der Waals surface area contributed by atoms with Crippen molar-refractivity contribution in [1.29, 1.82) is 0 Å². The molecule has 0 spiro atoms. The minimum absolute atomic E-state index is 0.426. The lowest BCUT2D eigenvalue weighted by Gasteiger charge is -2.04. The Hall–Kier alpha value is 0.150. The summed E-state index contributed by atoms with van der Waals surface area (Å²) in [6, 6.07) is 0. The summed E-state index contributed by atoms with van der Waals surface area (Å²) in [4.78, 5) is 0. The van der Waals surface area contributed by atoms with E-state index in [1.807, 2.05) is 6.92 Å². The molecule has 0 nitrogen and oxygen atoms in total. The van der Waals surface area contributed by atoms with Crippen LogP contribution in [0.5, 0.6) is 0 Å². The maximum atomic E-state index is 11.6. The Morgan fingerprint density at radius 3 is 2.33 bits per heavy atom. The summed E-state index contributed by atoms with van der Waals surface area (Å²) >= 11 is 5.24. The molecule has 0 aliphatic rings. The van der Waals surface area contributed by atoms with E-state index in [-0.39, 0.29) is 0 Å². The highest BCUT2D eigenvalue weighted by Gasteiger charge is 2.15. The van der Waals surface area contributed by atoms with Gasteiger partial charge in [-0.3, -0.25) is 0 Å². The summed E-state index contributed by atoms with van der Waals surface area (Å²) in [7, 11) is 0. The zero-order chi connectivity index (χ0) is 7.28. The van der Waals surface area contributed by atoms with E-state index in [9.17, 15) is 8.78 Å². The Labute approximate surface area is 59.2 Å². The maximum absolute atomic E-state index is 11.6. The van der Waals surface area contributed by atoms with Gasteiger partial charge in [0.25, 0.3) is 6.43 Å². The monoisotopic (exact) mass is 156 g/mol. The number of hydrogen-bond acceptors (Lipinski definition) is 0. The van der Waals surface area contributed by atoms with Crippen molar-refractivity contribution in [2.45, 2.75) is 38.0 Å². The van der Waals surface area contributed by atoms with Crippen LogP contribution in [0.3, 0.4) is 0 Å². The molecule has 0 heterocycles. The van der Waals surface area contributed by atoms with Gasteiger partial charge in [-0.2, -0.15) is 0 Å². The van der Waals surface area contributed by atoms with Crippen LogP contribution in [0.1, 0.15) is 26.2 Å². The van der Waals surface area contributed by atoms with Crippen LogP contribution in [-0.4, -0.2) is 11.8 Å². The standard InChI is InChI=1S/C6H11ClF2/c1-2-3-4-5(7)6(8)9/h5-6H,2-4H2,1H3. The molecule has 0 fully saturated rings. The fraction of sp³-hybridized carbons (Fsp3) is 1.00. The molecule has 0 aliphatic carbocycles. The highest BCUT2D eigenvalue weighted by atomic mass is 35.5. The SMILES string of the molecule is CCCCC(Cl)C(F)F. The molecule has 56 valence electrons. The molecule has 0 aromatic rings. The Balaban J connectivity index is 3.16. The number of hydrogen-bond donors (Lipinski definition) is 0. The van der Waals surface area contributed by atoms with Crippen molar-refractivity contribution in [1.82, 2.24) is 0 Å². The van der Waals surface area contributed by atoms with Crippen molar-refractivity contribution in [3.8, 4) is 0 Å². The van der Waals surface area contributed by atoms with E-state index in [0.29, 0.717) is 6.42 Å². The molecule has 9 heavy (non-hydrogen) atoms. The van der Waals surface area contributed by atoms with Gasteiger partial charge in [0.15, 0.2) is 0 Å². The Kier molecular flexibility index (Phi) is 5.06. The molecule has 0 saturated carbocycles. The van der Waals surface area contributed by atoms with Gasteiger partial charge in [0.05, 0.1) is 5.38 Å². The van der Waals surface area contributed by atoms with E-state index in [2.05, 4.69) is 0 Å². The number of unbranched alkanes of at least 4 members (excludes halogenated alkanes) is 1. The molecule has 0 bridgehead atoms. The van der Waals surface area contributed by atoms with E-state index in [4.69, 9.17) is 11.6 Å². The summed E-state index contributed by atoms with van der Waals surface area (Å²) in [5.41, 5.74) is 0. The highest BCUT2D eigenvalue weighted by Crippen LogP contribution is 2.14. The van der Waals surface area contributed by atoms with E-state index in [1.54, 1.807) is 0 Å². The second-order valence-electron chi connectivity index (χ2n) is 1.99. The van der Waals surface area contributed by atoms with Gasteiger partial charge in [-0.15, -0.1) is 11.6 Å². The number of alkyl halides is 3. The third kappa shape index (κ3) is 4.64. The molecule has 0 aliphatic heterocycles. The van der Waals surface area contributed by atoms with Gasteiger partial charge in [-0.05, 0) is 6.42 Å². The quantitative estimate of drug-likeness (QED) is 0.549. The molecule has 0 rings (SSSR count). The number of rotatable bonds is 4. The molecule has 1 unspecified atom stereocenters. The molecule has 0 amide bonds. The van der Waals surface area contributed by atoms with Crippen LogP contribution >= 0.6 is 11.6 Å². The molecular weight excluding hydrogens is 146 g/mol. The largest absolute Gasteiger partial charge is 0.254 e. The maximum Gasteiger partial charge on any atom is 0.254 e. The van der Waals surface area contributed by atoms with Crippen molar-refractivity contribution < 1.29 is 8.78 Å². The Morgan fingerprint density at radius 1 is 1.44 bits per heavy atom. The minimum atomic E-state index is -2.36. The zero-order valence-corrected chi connectivity index (χ0v) is 6.17. The first-order chi connectivity index (χ1) is 4.18. The topological polar surface area (TPSA) is 0 Å². The van der Waals surface area contributed by atoms with Gasteiger partial charge in [0, 0.05) is 0 Å². The van der Waals surface area contributed by atoms with Gasteiger partial charge < -0.3 is 0 Å². The van der Waals surface area contributed by atoms with Crippen LogP contribution in [0.15, 0.2) is 0 Å². The molecular formula is C6H11ClF2. The summed E-state index contributed by atoms with van der Waals surface area (Å²) < 4.78 is 23.2. The first-order valence-electron chi connectivity index (χ1n) is 3.10. The van der Waals surface area contributed by atoms with Crippen LogP contribution in [0, 0.1) is 0 Å². The van der Waals surface area contributed by atoms with Gasteiger partial charge in [-0.1, -0.05) is 19.8 Å². The first-order valence-corrected chi connectivity index (χ1v) is 3.54. The lowest BCUT2D eigenvalue weighted by atomic mass is 10.2. The van der Waals surface area contributed by atoms with Crippen LogP contribution in [0.2, 0.25) is 0 Å². The zero-order valence-electron chi connectivity index (χ0n) is 5.41. The van der Waals surface area contributed by atoms with Gasteiger partial charge in [-0.25, -0.2) is 8.78 Å². The fourth-order valence-electron chi connectivity index (χ4n) is 0.525. The van der Waals surface area contributed by atoms with Crippen LogP contribution in [-0.2, 0) is 0 Å². The summed E-state index contributed by atoms with van der Waals surface area (Å²) in [5.74, 6) is 0. The molecule has 0 N–H and O–H groups in total. The average Bonchev–Trinajstić information content (AvgIpc) is 1.82. The Bertz CT molecular complexity index is 66.1. The lowest BCUT2D eigenvalue weighted by molar-refractivity contribution is 0.138. The van der Waals surface area contributed by atoms with Gasteiger partial charge in [0.1, 0.15) is 0 Å². The molecule has 1 atom stereocenters. The molecule has 0 radical (unpaired) electrons. The summed E-state index contributed by atoms with van der Waals surface area (Å²) in [6.07, 6.45) is -0.220. The van der Waals surface area contributed by atoms with E-state index in [0.717, 1.165) is 12.8 Å². The third-order valence-electron chi connectivity index (χ3n) is 1.11. The third-order valence-corrected chi connectivity index (χ3v) is 1.52. The number of halogens is 3. The highest BCUT2D eigenvalue weighted by molar-refractivity contribution is 6.20. The summed E-state index contributed by atoms with van der Waals surface area (Å²) in [5, 5.41) is -0.940. The van der Waals surface area contributed by atoms with Crippen LogP contribution in [0.4, 0.5) is 8.78 Å². The van der Waals surface area contributed by atoms with Crippen molar-refractivity contribution in [2.24, 2.45) is 0 Å². The minimum Gasteiger partial charge on any atom is -0.209 e. The first kappa shape index (κ1) is 9.15. The van der Waals surface area contributed by atoms with Crippen molar-refractivity contribution in [3.05, 3.63) is 0 Å². The smallest absolute Gasteiger partial charge is 0.209 e. The van der Waals surface area contributed by atoms with Crippen LogP contribution in [0.25, 0.3) is 0 Å². The lowest BCUT2D eigenvalue weighted by Crippen LogP contribution is -2.09. The van der Waals surface area contributed by atoms with Gasteiger partial charge >= 0.3 is 0 Å². The van der Waals surface area contributed by atoms with Crippen LogP contribution < -0.4 is 0 Å². The second kappa shape index (κ2) is 4.98. The fourth-order valence-corrected chi connectivity index (χ4v) is 0.679. The Morgan fingerprint density at radius 2 is 2.00 bits per heavy atom. The summed E-state index contributed by atoms with van der Waals surface area (Å²) in [6.45, 7) is 1.95. The van der Waals surface area contributed by atoms with E-state index >= 15 is 0 Å². The molecule has 0 aromatic carbocycles.